The Morgan fingerprint density at radius 2 is 1.85 bits per heavy atom. The van der Waals surface area contributed by atoms with E-state index in [1.54, 1.807) is 44.3 Å². The number of rotatable bonds is 7. The van der Waals surface area contributed by atoms with Gasteiger partial charge in [0.1, 0.15) is 30.1 Å². The molecule has 1 aliphatic heterocycles. The van der Waals surface area contributed by atoms with E-state index in [0.29, 0.717) is 34.2 Å². The number of ether oxygens (including phenoxy) is 2. The maximum atomic E-state index is 13.3. The van der Waals surface area contributed by atoms with Crippen molar-refractivity contribution in [1.29, 1.82) is 0 Å². The third-order valence-electron chi connectivity index (χ3n) is 7.02. The van der Waals surface area contributed by atoms with Crippen molar-refractivity contribution in [2.75, 3.05) is 12.0 Å². The number of carbonyl (C=O) groups excluding carboxylic acids is 1. The Bertz CT molecular complexity index is 1620. The topological polar surface area (TPSA) is 108 Å². The van der Waals surface area contributed by atoms with E-state index in [1.807, 2.05) is 0 Å². The van der Waals surface area contributed by atoms with Crippen LogP contribution in [0, 0.1) is 0 Å². The van der Waals surface area contributed by atoms with Gasteiger partial charge in [-0.15, -0.1) is 0 Å². The molecule has 0 radical (unpaired) electrons. The van der Waals surface area contributed by atoms with Crippen molar-refractivity contribution in [3.63, 3.8) is 0 Å². The number of cyclic esters (lactones) is 1. The molecule has 1 amide bonds. The monoisotopic (exact) mass is 565 g/mol. The van der Waals surface area contributed by atoms with Gasteiger partial charge in [0, 0.05) is 29.9 Å². The summed E-state index contributed by atoms with van der Waals surface area (Å²) in [6.07, 6.45) is 0.977. The molecule has 4 heterocycles. The van der Waals surface area contributed by atoms with E-state index >= 15 is 0 Å². The van der Waals surface area contributed by atoms with Gasteiger partial charge in [0.2, 0.25) is 5.88 Å². The number of anilines is 1. The number of fused-ring (bicyclic) bond motifs is 1. The predicted molar refractivity (Wildman–Crippen MR) is 141 cm³/mol. The molecular formula is C28H26F3N7O3. The lowest BCUT2D eigenvalue weighted by Crippen LogP contribution is -2.36. The lowest BCUT2D eigenvalue weighted by atomic mass is 10.1. The van der Waals surface area contributed by atoms with Crippen molar-refractivity contribution in [3.8, 4) is 28.7 Å². The van der Waals surface area contributed by atoms with Crippen molar-refractivity contribution >= 4 is 11.9 Å². The van der Waals surface area contributed by atoms with Crippen LogP contribution in [-0.4, -0.2) is 42.7 Å². The summed E-state index contributed by atoms with van der Waals surface area (Å²) in [6.45, 7) is 3.73. The molecule has 41 heavy (non-hydrogen) atoms. The van der Waals surface area contributed by atoms with Crippen LogP contribution in [-0.2, 0) is 24.1 Å². The van der Waals surface area contributed by atoms with Gasteiger partial charge < -0.3 is 14.0 Å². The van der Waals surface area contributed by atoms with Crippen LogP contribution in [0.5, 0.6) is 5.88 Å². The molecule has 1 saturated carbocycles. The fourth-order valence-electron chi connectivity index (χ4n) is 4.79. The summed E-state index contributed by atoms with van der Waals surface area (Å²) < 4.78 is 52.4. The number of aromatic nitrogens is 6. The zero-order valence-corrected chi connectivity index (χ0v) is 22.5. The van der Waals surface area contributed by atoms with Gasteiger partial charge in [0.05, 0.1) is 24.9 Å². The third-order valence-corrected chi connectivity index (χ3v) is 7.02. The van der Waals surface area contributed by atoms with Crippen LogP contribution in [0.15, 0.2) is 43.0 Å². The van der Waals surface area contributed by atoms with E-state index in [2.05, 4.69) is 19.9 Å². The first-order valence-electron chi connectivity index (χ1n) is 13.1. The number of alkyl halides is 3. The average Bonchev–Trinajstić information content (AvgIpc) is 3.70. The minimum Gasteiger partial charge on any atom is -0.480 e. The maximum Gasteiger partial charge on any atom is 0.434 e. The van der Waals surface area contributed by atoms with Crippen molar-refractivity contribution in [2.45, 2.75) is 58.0 Å². The first-order chi connectivity index (χ1) is 19.6. The Labute approximate surface area is 233 Å². The molecular weight excluding hydrogens is 539 g/mol. The number of carbonyl (C=O) groups is 1. The Hall–Kier alpha value is -4.55. The van der Waals surface area contributed by atoms with E-state index in [4.69, 9.17) is 14.5 Å². The number of halogens is 3. The fraction of sp³-hybridized carbons (Fsp3) is 0.357. The SMILES string of the molecule is COc1ncnc(C2CC2)c1-c1ncc2c(n1)N(Cc1ccc(-c3nc(C(F)(F)F)cn3C(C)C)cc1)C(=O)OC2. The Morgan fingerprint density at radius 1 is 1.10 bits per heavy atom. The Morgan fingerprint density at radius 3 is 2.51 bits per heavy atom. The molecule has 1 aliphatic carbocycles. The van der Waals surface area contributed by atoms with E-state index in [0.717, 1.165) is 30.3 Å². The number of imidazole rings is 1. The molecule has 0 atom stereocenters. The number of benzene rings is 1. The highest BCUT2D eigenvalue weighted by atomic mass is 19.4. The van der Waals surface area contributed by atoms with Gasteiger partial charge in [0.25, 0.3) is 0 Å². The first kappa shape index (κ1) is 26.7. The zero-order valence-electron chi connectivity index (χ0n) is 22.5. The molecule has 0 bridgehead atoms. The number of methoxy groups -OCH3 is 1. The number of nitrogens with zero attached hydrogens (tertiary/aromatic N) is 7. The third kappa shape index (κ3) is 5.07. The molecule has 4 aromatic rings. The van der Waals surface area contributed by atoms with Gasteiger partial charge in [0.15, 0.2) is 11.5 Å². The Kier molecular flexibility index (Phi) is 6.59. The lowest BCUT2D eigenvalue weighted by molar-refractivity contribution is -0.140. The van der Waals surface area contributed by atoms with Gasteiger partial charge in [-0.25, -0.2) is 29.7 Å². The quantitative estimate of drug-likeness (QED) is 0.271. The van der Waals surface area contributed by atoms with Crippen LogP contribution in [0.2, 0.25) is 0 Å². The summed E-state index contributed by atoms with van der Waals surface area (Å²) in [6, 6.07) is 6.63. The van der Waals surface area contributed by atoms with Crippen LogP contribution in [0.25, 0.3) is 22.8 Å². The molecule has 0 spiro atoms. The Balaban J connectivity index is 1.32. The van der Waals surface area contributed by atoms with Gasteiger partial charge in [-0.05, 0) is 32.3 Å². The van der Waals surface area contributed by atoms with Crippen LogP contribution >= 0.6 is 0 Å². The smallest absolute Gasteiger partial charge is 0.434 e. The van der Waals surface area contributed by atoms with Gasteiger partial charge in [-0.1, -0.05) is 24.3 Å². The van der Waals surface area contributed by atoms with Crippen molar-refractivity contribution < 1.29 is 27.4 Å². The number of hydrogen-bond acceptors (Lipinski definition) is 8. The predicted octanol–water partition coefficient (Wildman–Crippen LogP) is 5.94. The van der Waals surface area contributed by atoms with Crippen molar-refractivity contribution in [1.82, 2.24) is 29.5 Å². The van der Waals surface area contributed by atoms with E-state index in [1.165, 1.54) is 22.9 Å². The summed E-state index contributed by atoms with van der Waals surface area (Å²) >= 11 is 0. The second-order valence-electron chi connectivity index (χ2n) is 10.2. The van der Waals surface area contributed by atoms with Crippen LogP contribution in [0.3, 0.4) is 0 Å². The molecule has 6 rings (SSSR count). The molecule has 3 aromatic heterocycles. The molecule has 0 N–H and O–H groups in total. The summed E-state index contributed by atoms with van der Waals surface area (Å²) in [5.41, 5.74) is 2.34. The van der Waals surface area contributed by atoms with Crippen molar-refractivity contribution in [3.05, 3.63) is 65.5 Å². The van der Waals surface area contributed by atoms with Gasteiger partial charge >= 0.3 is 12.3 Å². The molecule has 10 nitrogen and oxygen atoms in total. The normalized spacial score (nSPS) is 15.2. The molecule has 1 fully saturated rings. The second-order valence-corrected chi connectivity index (χ2v) is 10.2. The average molecular weight is 566 g/mol. The molecule has 1 aromatic carbocycles. The highest BCUT2D eigenvalue weighted by Crippen LogP contribution is 2.45. The molecule has 0 saturated heterocycles. The van der Waals surface area contributed by atoms with Gasteiger partial charge in [-0.3, -0.25) is 4.90 Å². The van der Waals surface area contributed by atoms with Gasteiger partial charge in [-0.2, -0.15) is 13.2 Å². The summed E-state index contributed by atoms with van der Waals surface area (Å²) in [5.74, 6) is 1.59. The zero-order chi connectivity index (χ0) is 28.9. The van der Waals surface area contributed by atoms with E-state index < -0.39 is 18.0 Å². The highest BCUT2D eigenvalue weighted by molar-refractivity contribution is 5.89. The number of hydrogen-bond donors (Lipinski definition) is 0. The van der Waals surface area contributed by atoms with E-state index in [-0.39, 0.29) is 30.9 Å². The van der Waals surface area contributed by atoms with E-state index in [9.17, 15) is 18.0 Å². The molecule has 0 unspecified atom stereocenters. The molecule has 2 aliphatic rings. The molecule has 212 valence electrons. The summed E-state index contributed by atoms with van der Waals surface area (Å²) in [4.78, 5) is 36.1. The van der Waals surface area contributed by atoms with Crippen molar-refractivity contribution in [2.24, 2.45) is 0 Å². The number of amides is 1. The standard InChI is InChI=1S/C28H26F3N7O3/c1-15(2)37-12-20(28(29,30)31)35-24(37)18-6-4-16(5-7-18)11-38-25-19(13-41-27(38)39)10-32-23(36-25)21-22(17-8-9-17)33-14-34-26(21)40-3/h4-7,10,12,14-15,17H,8-9,11,13H2,1-3H3. The van der Waals surface area contributed by atoms with Crippen LogP contribution in [0.1, 0.15) is 61.2 Å². The first-order valence-corrected chi connectivity index (χ1v) is 13.1. The summed E-state index contributed by atoms with van der Waals surface area (Å²) in [7, 11) is 1.52. The minimum atomic E-state index is -4.55. The lowest BCUT2D eigenvalue weighted by Gasteiger charge is -2.28. The van der Waals surface area contributed by atoms with Crippen LogP contribution < -0.4 is 9.64 Å². The maximum absolute atomic E-state index is 13.3. The molecule has 13 heteroatoms. The highest BCUT2D eigenvalue weighted by Gasteiger charge is 2.36. The largest absolute Gasteiger partial charge is 0.480 e. The fourth-order valence-corrected chi connectivity index (χ4v) is 4.79. The second kappa shape index (κ2) is 10.1. The minimum absolute atomic E-state index is 0.0290. The van der Waals surface area contributed by atoms with Crippen LogP contribution in [0.4, 0.5) is 23.8 Å². The summed E-state index contributed by atoms with van der Waals surface area (Å²) in [5, 5.41) is 0.